The van der Waals surface area contributed by atoms with Gasteiger partial charge in [0.1, 0.15) is 17.0 Å². The van der Waals surface area contributed by atoms with Crippen LogP contribution in [0.4, 0.5) is 5.82 Å². The van der Waals surface area contributed by atoms with Crippen LogP contribution in [0, 0.1) is 6.92 Å². The molecule has 0 saturated heterocycles. The van der Waals surface area contributed by atoms with Gasteiger partial charge in [-0.25, -0.2) is 9.97 Å². The highest BCUT2D eigenvalue weighted by Gasteiger charge is 2.17. The summed E-state index contributed by atoms with van der Waals surface area (Å²) in [6, 6.07) is 8.69. The summed E-state index contributed by atoms with van der Waals surface area (Å²) in [5.74, 6) is 0.912. The normalized spacial score (nSPS) is 11.1. The first-order valence-electron chi connectivity index (χ1n) is 8.02. The van der Waals surface area contributed by atoms with Crippen LogP contribution in [0.1, 0.15) is 23.8 Å². The first kappa shape index (κ1) is 15.9. The Kier molecular flexibility index (Phi) is 4.88. The summed E-state index contributed by atoms with van der Waals surface area (Å²) in [7, 11) is 0. The second-order valence-corrected chi connectivity index (χ2v) is 6.67. The maximum atomic E-state index is 5.60. The summed E-state index contributed by atoms with van der Waals surface area (Å²) < 4.78 is 0. The molecular formula is C18H22N4S. The van der Waals surface area contributed by atoms with E-state index in [1.807, 2.05) is 0 Å². The van der Waals surface area contributed by atoms with Crippen LogP contribution in [0.25, 0.3) is 21.3 Å². The van der Waals surface area contributed by atoms with Crippen molar-refractivity contribution in [1.82, 2.24) is 9.97 Å². The van der Waals surface area contributed by atoms with Crippen molar-refractivity contribution in [2.24, 2.45) is 5.73 Å². The molecule has 1 aromatic carbocycles. The quantitative estimate of drug-likeness (QED) is 0.672. The number of benzene rings is 1. The van der Waals surface area contributed by atoms with Gasteiger partial charge in [0.2, 0.25) is 0 Å². The van der Waals surface area contributed by atoms with Crippen molar-refractivity contribution in [2.45, 2.75) is 26.7 Å². The second-order valence-electron chi connectivity index (χ2n) is 5.59. The monoisotopic (exact) mass is 326 g/mol. The van der Waals surface area contributed by atoms with E-state index >= 15 is 0 Å². The number of nitrogens with two attached hydrogens (primary N) is 1. The molecule has 0 fully saturated rings. The van der Waals surface area contributed by atoms with Crippen LogP contribution in [0.3, 0.4) is 0 Å². The molecule has 0 amide bonds. The van der Waals surface area contributed by atoms with E-state index in [1.54, 1.807) is 17.7 Å². The molecule has 0 radical (unpaired) electrons. The number of nitrogens with zero attached hydrogens (tertiary/aromatic N) is 2. The molecular weight excluding hydrogens is 304 g/mol. The predicted octanol–water partition coefficient (Wildman–Crippen LogP) is 3.99. The Labute approximate surface area is 140 Å². The number of nitrogens with one attached hydrogen (secondary N) is 1. The first-order chi connectivity index (χ1) is 11.2. The summed E-state index contributed by atoms with van der Waals surface area (Å²) in [4.78, 5) is 11.4. The molecule has 0 bridgehead atoms. The van der Waals surface area contributed by atoms with Gasteiger partial charge in [-0.2, -0.15) is 0 Å². The van der Waals surface area contributed by atoms with Crippen LogP contribution < -0.4 is 11.1 Å². The lowest BCUT2D eigenvalue weighted by Gasteiger charge is -2.09. The van der Waals surface area contributed by atoms with Crippen molar-refractivity contribution in [3.63, 3.8) is 0 Å². The zero-order valence-electron chi connectivity index (χ0n) is 13.6. The number of aromatic nitrogens is 2. The third kappa shape index (κ3) is 3.21. The van der Waals surface area contributed by atoms with Crippen molar-refractivity contribution in [2.75, 3.05) is 18.4 Å². The van der Waals surface area contributed by atoms with E-state index < -0.39 is 0 Å². The maximum Gasteiger partial charge on any atom is 0.138 e. The number of anilines is 1. The van der Waals surface area contributed by atoms with Crippen LogP contribution in [-0.2, 0) is 6.42 Å². The summed E-state index contributed by atoms with van der Waals surface area (Å²) in [5.41, 5.74) is 9.36. The van der Waals surface area contributed by atoms with Gasteiger partial charge in [-0.1, -0.05) is 36.8 Å². The molecule has 23 heavy (non-hydrogen) atoms. The van der Waals surface area contributed by atoms with E-state index in [0.717, 1.165) is 35.4 Å². The average molecular weight is 326 g/mol. The fourth-order valence-electron chi connectivity index (χ4n) is 2.70. The summed E-state index contributed by atoms with van der Waals surface area (Å²) in [5, 5.41) is 4.56. The lowest BCUT2D eigenvalue weighted by Crippen LogP contribution is -2.09. The van der Waals surface area contributed by atoms with E-state index in [2.05, 4.69) is 53.4 Å². The van der Waals surface area contributed by atoms with E-state index in [-0.39, 0.29) is 0 Å². The molecule has 0 unspecified atom stereocenters. The Morgan fingerprint density at radius 3 is 2.65 bits per heavy atom. The van der Waals surface area contributed by atoms with Crippen molar-refractivity contribution >= 4 is 27.4 Å². The largest absolute Gasteiger partial charge is 0.369 e. The van der Waals surface area contributed by atoms with Gasteiger partial charge >= 0.3 is 0 Å². The predicted molar refractivity (Wildman–Crippen MR) is 99.1 cm³/mol. The van der Waals surface area contributed by atoms with E-state index in [1.165, 1.54) is 21.6 Å². The Morgan fingerprint density at radius 2 is 1.96 bits per heavy atom. The van der Waals surface area contributed by atoms with Crippen LogP contribution in [-0.4, -0.2) is 23.1 Å². The zero-order chi connectivity index (χ0) is 16.2. The number of hydrogen-bond acceptors (Lipinski definition) is 5. The molecule has 0 aliphatic carbocycles. The van der Waals surface area contributed by atoms with Crippen LogP contribution in [0.5, 0.6) is 0 Å². The number of thiophene rings is 1. The smallest absolute Gasteiger partial charge is 0.138 e. The van der Waals surface area contributed by atoms with Crippen molar-refractivity contribution in [3.05, 3.63) is 41.0 Å². The topological polar surface area (TPSA) is 63.8 Å². The van der Waals surface area contributed by atoms with Gasteiger partial charge in [0.25, 0.3) is 0 Å². The highest BCUT2D eigenvalue weighted by molar-refractivity contribution is 7.19. The van der Waals surface area contributed by atoms with Crippen molar-refractivity contribution in [3.8, 4) is 11.1 Å². The summed E-state index contributed by atoms with van der Waals surface area (Å²) in [6.45, 7) is 5.81. The van der Waals surface area contributed by atoms with Gasteiger partial charge in [0.05, 0.1) is 5.39 Å². The highest BCUT2D eigenvalue weighted by atomic mass is 32.1. The van der Waals surface area contributed by atoms with E-state index in [0.29, 0.717) is 6.54 Å². The van der Waals surface area contributed by atoms with E-state index in [9.17, 15) is 0 Å². The number of fused-ring (bicyclic) bond motifs is 1. The molecule has 3 aromatic rings. The molecule has 0 aliphatic heterocycles. The Morgan fingerprint density at radius 1 is 1.17 bits per heavy atom. The van der Waals surface area contributed by atoms with Crippen LogP contribution in [0.15, 0.2) is 30.6 Å². The van der Waals surface area contributed by atoms with Crippen LogP contribution >= 0.6 is 11.3 Å². The molecule has 3 N–H and O–H groups in total. The summed E-state index contributed by atoms with van der Waals surface area (Å²) >= 11 is 1.76. The van der Waals surface area contributed by atoms with Crippen molar-refractivity contribution in [1.29, 1.82) is 0 Å². The lowest BCUT2D eigenvalue weighted by atomic mass is 10.0. The van der Waals surface area contributed by atoms with Gasteiger partial charge in [0.15, 0.2) is 0 Å². The fourth-order valence-corrected chi connectivity index (χ4v) is 3.80. The minimum Gasteiger partial charge on any atom is -0.369 e. The highest BCUT2D eigenvalue weighted by Crippen LogP contribution is 2.41. The van der Waals surface area contributed by atoms with E-state index in [4.69, 9.17) is 5.73 Å². The van der Waals surface area contributed by atoms with Gasteiger partial charge < -0.3 is 11.1 Å². The maximum absolute atomic E-state index is 5.60. The Balaban J connectivity index is 2.15. The molecule has 0 atom stereocenters. The first-order valence-corrected chi connectivity index (χ1v) is 8.83. The minimum absolute atomic E-state index is 0.676. The molecule has 5 heteroatoms. The Hall–Kier alpha value is -1.98. The van der Waals surface area contributed by atoms with Gasteiger partial charge in [-0.05, 0) is 31.9 Å². The molecule has 4 nitrogen and oxygen atoms in total. The third-order valence-corrected chi connectivity index (χ3v) is 5.14. The molecule has 0 spiro atoms. The SMILES string of the molecule is CCc1sc2ncnc(NCCCN)c2c1-c1ccc(C)cc1. The molecule has 120 valence electrons. The minimum atomic E-state index is 0.676. The molecule has 0 saturated carbocycles. The molecule has 0 aliphatic rings. The standard InChI is InChI=1S/C18H22N4S/c1-3-14-15(13-7-5-12(2)6-8-13)16-17(20-10-4-9-19)21-11-22-18(16)23-14/h5-8,11H,3-4,9-10,19H2,1-2H3,(H,20,21,22). The average Bonchev–Trinajstić information content (AvgIpc) is 2.95. The van der Waals surface area contributed by atoms with Gasteiger partial charge in [-0.15, -0.1) is 11.3 Å². The second kappa shape index (κ2) is 7.06. The van der Waals surface area contributed by atoms with Crippen molar-refractivity contribution < 1.29 is 0 Å². The van der Waals surface area contributed by atoms with Crippen LogP contribution in [0.2, 0.25) is 0 Å². The molecule has 2 aromatic heterocycles. The number of rotatable bonds is 6. The fraction of sp³-hybridized carbons (Fsp3) is 0.333. The summed E-state index contributed by atoms with van der Waals surface area (Å²) in [6.07, 6.45) is 3.56. The Bertz CT molecular complexity index is 793. The number of hydrogen-bond donors (Lipinski definition) is 2. The third-order valence-electron chi connectivity index (χ3n) is 3.90. The van der Waals surface area contributed by atoms with Gasteiger partial charge in [0, 0.05) is 17.0 Å². The number of aryl methyl sites for hydroxylation is 2. The lowest BCUT2D eigenvalue weighted by molar-refractivity contribution is 0.871. The molecule has 3 rings (SSSR count). The molecule has 2 heterocycles. The van der Waals surface area contributed by atoms with Gasteiger partial charge in [-0.3, -0.25) is 0 Å². The zero-order valence-corrected chi connectivity index (χ0v) is 14.4.